The normalized spacial score (nSPS) is 36.1. The van der Waals surface area contributed by atoms with Gasteiger partial charge in [-0.3, -0.25) is 4.90 Å². The fourth-order valence-electron chi connectivity index (χ4n) is 4.11. The molecule has 2 aliphatic rings. The lowest BCUT2D eigenvalue weighted by Gasteiger charge is -2.51. The van der Waals surface area contributed by atoms with Gasteiger partial charge in [-0.2, -0.15) is 0 Å². The molecular weight excluding hydrogens is 246 g/mol. The quantitative estimate of drug-likeness (QED) is 0.854. The van der Waals surface area contributed by atoms with Crippen LogP contribution in [0.4, 0.5) is 0 Å². The van der Waals surface area contributed by atoms with Crippen molar-refractivity contribution in [1.29, 1.82) is 0 Å². The van der Waals surface area contributed by atoms with Crippen molar-refractivity contribution in [2.75, 3.05) is 33.2 Å². The Kier molecular flexibility index (Phi) is 5.49. The van der Waals surface area contributed by atoms with Crippen molar-refractivity contribution in [3.63, 3.8) is 0 Å². The van der Waals surface area contributed by atoms with Crippen LogP contribution in [0, 0.1) is 5.41 Å². The van der Waals surface area contributed by atoms with Crippen molar-refractivity contribution in [1.82, 2.24) is 15.1 Å². The Morgan fingerprint density at radius 1 is 1.25 bits per heavy atom. The topological polar surface area (TPSA) is 18.5 Å². The van der Waals surface area contributed by atoms with Crippen molar-refractivity contribution in [2.45, 2.75) is 71.5 Å². The molecule has 3 atom stereocenters. The smallest absolute Gasteiger partial charge is 0.0258 e. The molecular formula is C17H35N3. The van der Waals surface area contributed by atoms with Crippen molar-refractivity contribution in [2.24, 2.45) is 5.41 Å². The van der Waals surface area contributed by atoms with Gasteiger partial charge in [-0.25, -0.2) is 0 Å². The van der Waals surface area contributed by atoms with Gasteiger partial charge in [0.05, 0.1) is 0 Å². The Morgan fingerprint density at radius 2 is 2.00 bits per heavy atom. The lowest BCUT2D eigenvalue weighted by Crippen LogP contribution is -2.62. The zero-order valence-electron chi connectivity index (χ0n) is 14.3. The Balaban J connectivity index is 2.05. The van der Waals surface area contributed by atoms with Gasteiger partial charge in [-0.15, -0.1) is 0 Å². The second-order valence-corrected chi connectivity index (χ2v) is 7.88. The van der Waals surface area contributed by atoms with E-state index < -0.39 is 0 Å². The maximum absolute atomic E-state index is 3.83. The van der Waals surface area contributed by atoms with Crippen LogP contribution in [-0.4, -0.2) is 61.2 Å². The van der Waals surface area contributed by atoms with Crippen LogP contribution in [-0.2, 0) is 0 Å². The average molecular weight is 281 g/mol. The Hall–Kier alpha value is -0.120. The molecule has 1 N–H and O–H groups in total. The average Bonchev–Trinajstić information content (AvgIpc) is 2.37. The summed E-state index contributed by atoms with van der Waals surface area (Å²) in [6, 6.07) is 2.13. The Bertz CT molecular complexity index is 303. The fourth-order valence-corrected chi connectivity index (χ4v) is 4.11. The third kappa shape index (κ3) is 3.96. The third-order valence-corrected chi connectivity index (χ3v) is 5.32. The molecule has 0 aromatic heterocycles. The van der Waals surface area contributed by atoms with Crippen molar-refractivity contribution >= 4 is 0 Å². The molecule has 3 unspecified atom stereocenters. The molecule has 1 heterocycles. The van der Waals surface area contributed by atoms with Crippen LogP contribution in [0.5, 0.6) is 0 Å². The SMILES string of the molecule is CCCNC1CCC(C)(C)CC1N1CCN(C)CC1C. The van der Waals surface area contributed by atoms with Gasteiger partial charge in [0.2, 0.25) is 0 Å². The van der Waals surface area contributed by atoms with E-state index in [2.05, 4.69) is 49.9 Å². The van der Waals surface area contributed by atoms with E-state index >= 15 is 0 Å². The molecule has 1 saturated heterocycles. The summed E-state index contributed by atoms with van der Waals surface area (Å²) in [6.45, 7) is 14.4. The molecule has 0 spiro atoms. The van der Waals surface area contributed by atoms with Gasteiger partial charge in [0, 0.05) is 37.8 Å². The highest BCUT2D eigenvalue weighted by Gasteiger charge is 2.40. The molecule has 0 bridgehead atoms. The number of nitrogens with zero attached hydrogens (tertiary/aromatic N) is 2. The first-order valence-corrected chi connectivity index (χ1v) is 8.60. The molecule has 1 saturated carbocycles. The molecule has 3 heteroatoms. The lowest BCUT2D eigenvalue weighted by molar-refractivity contribution is 0.00320. The predicted molar refractivity (Wildman–Crippen MR) is 87.2 cm³/mol. The van der Waals surface area contributed by atoms with E-state index in [9.17, 15) is 0 Å². The van der Waals surface area contributed by atoms with Crippen molar-refractivity contribution in [3.8, 4) is 0 Å². The highest BCUT2D eigenvalue weighted by Crippen LogP contribution is 2.38. The summed E-state index contributed by atoms with van der Waals surface area (Å²) in [5, 5.41) is 3.83. The van der Waals surface area contributed by atoms with E-state index in [4.69, 9.17) is 0 Å². The minimum atomic E-state index is 0.512. The molecule has 0 aromatic rings. The van der Waals surface area contributed by atoms with E-state index in [1.54, 1.807) is 0 Å². The van der Waals surface area contributed by atoms with Crippen LogP contribution in [0.1, 0.15) is 53.4 Å². The van der Waals surface area contributed by atoms with Crippen LogP contribution in [0.25, 0.3) is 0 Å². The molecule has 3 nitrogen and oxygen atoms in total. The molecule has 20 heavy (non-hydrogen) atoms. The maximum atomic E-state index is 3.83. The molecule has 0 radical (unpaired) electrons. The number of likely N-dealkylation sites (N-methyl/N-ethyl adjacent to an activating group) is 1. The molecule has 2 rings (SSSR count). The van der Waals surface area contributed by atoms with Gasteiger partial charge in [0.15, 0.2) is 0 Å². The summed E-state index contributed by atoms with van der Waals surface area (Å²) < 4.78 is 0. The fraction of sp³-hybridized carbons (Fsp3) is 1.00. The van der Waals surface area contributed by atoms with Crippen LogP contribution in [0.15, 0.2) is 0 Å². The first-order chi connectivity index (χ1) is 9.43. The second kappa shape index (κ2) is 6.76. The van der Waals surface area contributed by atoms with E-state index in [0.29, 0.717) is 17.5 Å². The van der Waals surface area contributed by atoms with Crippen LogP contribution in [0.2, 0.25) is 0 Å². The van der Waals surface area contributed by atoms with Gasteiger partial charge in [-0.1, -0.05) is 20.8 Å². The molecule has 2 fully saturated rings. The van der Waals surface area contributed by atoms with E-state index in [1.165, 1.54) is 51.9 Å². The number of rotatable bonds is 4. The van der Waals surface area contributed by atoms with Gasteiger partial charge < -0.3 is 10.2 Å². The van der Waals surface area contributed by atoms with Gasteiger partial charge in [-0.05, 0) is 51.6 Å². The number of piperazine rings is 1. The predicted octanol–water partition coefficient (Wildman–Crippen LogP) is 2.57. The summed E-state index contributed by atoms with van der Waals surface area (Å²) in [6.07, 6.45) is 5.30. The van der Waals surface area contributed by atoms with Crippen LogP contribution in [0.3, 0.4) is 0 Å². The Morgan fingerprint density at radius 3 is 2.65 bits per heavy atom. The summed E-state index contributed by atoms with van der Waals surface area (Å²) in [4.78, 5) is 5.28. The van der Waals surface area contributed by atoms with Crippen LogP contribution < -0.4 is 5.32 Å². The Labute approximate surface area is 126 Å². The van der Waals surface area contributed by atoms with E-state index in [-0.39, 0.29) is 0 Å². The van der Waals surface area contributed by atoms with Crippen molar-refractivity contribution in [3.05, 3.63) is 0 Å². The standard InChI is InChI=1S/C17H35N3/c1-6-9-18-15-7-8-17(3,4)12-16(15)20-11-10-19(5)13-14(20)2/h14-16,18H,6-13H2,1-5H3. The first kappa shape index (κ1) is 16.3. The second-order valence-electron chi connectivity index (χ2n) is 7.88. The monoisotopic (exact) mass is 281 g/mol. The zero-order chi connectivity index (χ0) is 14.8. The maximum Gasteiger partial charge on any atom is 0.0258 e. The zero-order valence-corrected chi connectivity index (χ0v) is 14.3. The highest BCUT2D eigenvalue weighted by atomic mass is 15.3. The third-order valence-electron chi connectivity index (χ3n) is 5.32. The minimum absolute atomic E-state index is 0.512. The van der Waals surface area contributed by atoms with Gasteiger partial charge in [0.25, 0.3) is 0 Å². The summed E-state index contributed by atoms with van der Waals surface area (Å²) in [7, 11) is 2.26. The van der Waals surface area contributed by atoms with Crippen LogP contribution >= 0.6 is 0 Å². The number of hydrogen-bond donors (Lipinski definition) is 1. The highest BCUT2D eigenvalue weighted by molar-refractivity contribution is 4.97. The number of hydrogen-bond acceptors (Lipinski definition) is 3. The van der Waals surface area contributed by atoms with E-state index in [1.807, 2.05) is 0 Å². The molecule has 1 aliphatic heterocycles. The van der Waals surface area contributed by atoms with Gasteiger partial charge in [0.1, 0.15) is 0 Å². The lowest BCUT2D eigenvalue weighted by atomic mass is 9.72. The molecule has 1 aliphatic carbocycles. The summed E-state index contributed by atoms with van der Waals surface area (Å²) >= 11 is 0. The molecule has 0 aromatic carbocycles. The first-order valence-electron chi connectivity index (χ1n) is 8.60. The summed E-state index contributed by atoms with van der Waals surface area (Å²) in [5.74, 6) is 0. The summed E-state index contributed by atoms with van der Waals surface area (Å²) in [5.41, 5.74) is 0.512. The number of nitrogens with one attached hydrogen (secondary N) is 1. The molecule has 118 valence electrons. The van der Waals surface area contributed by atoms with Gasteiger partial charge >= 0.3 is 0 Å². The largest absolute Gasteiger partial charge is 0.312 e. The van der Waals surface area contributed by atoms with Crippen molar-refractivity contribution < 1.29 is 0 Å². The minimum Gasteiger partial charge on any atom is -0.312 e. The molecule has 0 amide bonds. The van der Waals surface area contributed by atoms with E-state index in [0.717, 1.165) is 6.04 Å².